The smallest absolute Gasteiger partial charge is 0.264 e. The van der Waals surface area contributed by atoms with Gasteiger partial charge in [0.1, 0.15) is 5.75 Å². The molecular weight excluding hydrogens is 456 g/mol. The van der Waals surface area contributed by atoms with Crippen molar-refractivity contribution in [3.63, 3.8) is 0 Å². The van der Waals surface area contributed by atoms with Gasteiger partial charge in [0.05, 0.1) is 10.6 Å². The zero-order valence-electron chi connectivity index (χ0n) is 19.0. The molecule has 178 valence electrons. The van der Waals surface area contributed by atoms with E-state index in [2.05, 4.69) is 5.32 Å². The molecular formula is C25H26N2O6S. The van der Waals surface area contributed by atoms with Gasteiger partial charge >= 0.3 is 0 Å². The lowest BCUT2D eigenvalue weighted by atomic mass is 10.2. The highest BCUT2D eigenvalue weighted by Gasteiger charge is 2.23. The summed E-state index contributed by atoms with van der Waals surface area (Å²) in [6.07, 6.45) is 0. The van der Waals surface area contributed by atoms with Crippen LogP contribution in [0.3, 0.4) is 0 Å². The topological polar surface area (TPSA) is 94.2 Å². The van der Waals surface area contributed by atoms with Crippen molar-refractivity contribution in [3.8, 4) is 17.2 Å². The van der Waals surface area contributed by atoms with Crippen molar-refractivity contribution >= 4 is 21.6 Å². The summed E-state index contributed by atoms with van der Waals surface area (Å²) in [6, 6.07) is 18.9. The lowest BCUT2D eigenvalue weighted by molar-refractivity contribution is -0.123. The average molecular weight is 483 g/mol. The number of sulfonamides is 1. The van der Waals surface area contributed by atoms with Gasteiger partial charge < -0.3 is 19.5 Å². The van der Waals surface area contributed by atoms with E-state index in [0.29, 0.717) is 29.5 Å². The minimum absolute atomic E-state index is 0.164. The minimum atomic E-state index is -3.69. The molecule has 0 radical (unpaired) electrons. The molecule has 0 aliphatic carbocycles. The second-order valence-electron chi connectivity index (χ2n) is 7.73. The van der Waals surface area contributed by atoms with E-state index in [0.717, 1.165) is 11.1 Å². The Morgan fingerprint density at radius 1 is 1.00 bits per heavy atom. The summed E-state index contributed by atoms with van der Waals surface area (Å²) < 4.78 is 43.6. The van der Waals surface area contributed by atoms with Crippen molar-refractivity contribution in [3.05, 3.63) is 77.9 Å². The van der Waals surface area contributed by atoms with E-state index in [-0.39, 0.29) is 30.7 Å². The number of fused-ring (bicyclic) bond motifs is 1. The molecule has 1 aliphatic heterocycles. The molecule has 4 rings (SSSR count). The van der Waals surface area contributed by atoms with Gasteiger partial charge in [-0.25, -0.2) is 8.42 Å². The van der Waals surface area contributed by atoms with Gasteiger partial charge in [-0.15, -0.1) is 0 Å². The Labute approximate surface area is 199 Å². The maximum atomic E-state index is 13.1. The largest absolute Gasteiger partial charge is 0.484 e. The quantitative estimate of drug-likeness (QED) is 0.501. The lowest BCUT2D eigenvalue weighted by Gasteiger charge is -2.23. The van der Waals surface area contributed by atoms with Gasteiger partial charge in [0, 0.05) is 13.1 Å². The van der Waals surface area contributed by atoms with E-state index in [4.69, 9.17) is 14.2 Å². The number of nitrogens with zero attached hydrogens (tertiary/aromatic N) is 1. The number of aryl methyl sites for hydroxylation is 1. The first-order chi connectivity index (χ1) is 16.4. The number of anilines is 1. The molecule has 3 aromatic rings. The molecule has 34 heavy (non-hydrogen) atoms. The monoisotopic (exact) mass is 482 g/mol. The fourth-order valence-electron chi connectivity index (χ4n) is 3.49. The number of hydrogen-bond acceptors (Lipinski definition) is 6. The van der Waals surface area contributed by atoms with E-state index in [1.807, 2.05) is 19.1 Å². The van der Waals surface area contributed by atoms with Crippen molar-refractivity contribution in [2.75, 3.05) is 24.2 Å². The van der Waals surface area contributed by atoms with E-state index in [1.54, 1.807) is 61.5 Å². The maximum absolute atomic E-state index is 13.1. The van der Waals surface area contributed by atoms with Gasteiger partial charge in [-0.05, 0) is 67.9 Å². The SMILES string of the molecule is CCN(c1ccc(OCC(=O)NCc2ccc3c(c2)OCO3)cc1)S(=O)(=O)c1ccc(C)cc1. The Morgan fingerprint density at radius 3 is 2.41 bits per heavy atom. The molecule has 9 heteroatoms. The second kappa shape index (κ2) is 10.0. The van der Waals surface area contributed by atoms with Crippen LogP contribution in [0.25, 0.3) is 0 Å². The highest BCUT2D eigenvalue weighted by molar-refractivity contribution is 7.92. The molecule has 0 saturated carbocycles. The highest BCUT2D eigenvalue weighted by atomic mass is 32.2. The Hall–Kier alpha value is -3.72. The summed E-state index contributed by atoms with van der Waals surface area (Å²) in [7, 11) is -3.69. The number of benzene rings is 3. The van der Waals surface area contributed by atoms with Gasteiger partial charge in [-0.3, -0.25) is 9.10 Å². The Kier molecular flexibility index (Phi) is 6.93. The van der Waals surface area contributed by atoms with Gasteiger partial charge in [0.15, 0.2) is 18.1 Å². The predicted octanol–water partition coefficient (Wildman–Crippen LogP) is 3.63. The predicted molar refractivity (Wildman–Crippen MR) is 128 cm³/mol. The third-order valence-electron chi connectivity index (χ3n) is 5.32. The molecule has 1 N–H and O–H groups in total. The fraction of sp³-hybridized carbons (Fsp3) is 0.240. The number of ether oxygens (including phenoxy) is 3. The zero-order chi connectivity index (χ0) is 24.1. The average Bonchev–Trinajstić information content (AvgIpc) is 3.31. The zero-order valence-corrected chi connectivity index (χ0v) is 19.8. The van der Waals surface area contributed by atoms with Crippen LogP contribution in [0.1, 0.15) is 18.1 Å². The van der Waals surface area contributed by atoms with Gasteiger partial charge in [0.25, 0.3) is 15.9 Å². The Morgan fingerprint density at radius 2 is 1.71 bits per heavy atom. The van der Waals surface area contributed by atoms with E-state index in [9.17, 15) is 13.2 Å². The summed E-state index contributed by atoms with van der Waals surface area (Å²) in [5.74, 6) is 1.54. The van der Waals surface area contributed by atoms with Crippen LogP contribution < -0.4 is 23.8 Å². The molecule has 0 atom stereocenters. The van der Waals surface area contributed by atoms with Crippen LogP contribution in [-0.4, -0.2) is 34.3 Å². The number of carbonyl (C=O) groups excluding carboxylic acids is 1. The van der Waals surface area contributed by atoms with E-state index < -0.39 is 10.0 Å². The van der Waals surface area contributed by atoms with E-state index in [1.165, 1.54) is 4.31 Å². The first-order valence-corrected chi connectivity index (χ1v) is 12.3. The number of nitrogens with one attached hydrogen (secondary N) is 1. The first-order valence-electron chi connectivity index (χ1n) is 10.8. The molecule has 1 aliphatic rings. The third kappa shape index (κ3) is 5.26. The number of rotatable bonds is 9. The highest BCUT2D eigenvalue weighted by Crippen LogP contribution is 2.32. The summed E-state index contributed by atoms with van der Waals surface area (Å²) in [6.45, 7) is 4.33. The molecule has 1 heterocycles. The standard InChI is InChI=1S/C25H26N2O6S/c1-3-27(34(29,30)22-11-4-18(2)5-12-22)20-7-9-21(10-8-20)31-16-25(28)26-15-19-6-13-23-24(14-19)33-17-32-23/h4-14H,3,15-17H2,1-2H3,(H,26,28). The number of carbonyl (C=O) groups is 1. The fourth-order valence-corrected chi connectivity index (χ4v) is 4.96. The van der Waals surface area contributed by atoms with Gasteiger partial charge in [0.2, 0.25) is 6.79 Å². The first kappa shape index (κ1) is 23.4. The van der Waals surface area contributed by atoms with Crippen LogP contribution in [0.2, 0.25) is 0 Å². The summed E-state index contributed by atoms with van der Waals surface area (Å²) in [4.78, 5) is 12.4. The molecule has 0 bridgehead atoms. The number of amides is 1. The van der Waals surface area contributed by atoms with Crippen molar-refractivity contribution in [1.82, 2.24) is 5.32 Å². The van der Waals surface area contributed by atoms with Crippen molar-refractivity contribution in [1.29, 1.82) is 0 Å². The molecule has 0 saturated heterocycles. The van der Waals surface area contributed by atoms with Crippen LogP contribution >= 0.6 is 0 Å². The van der Waals surface area contributed by atoms with Crippen molar-refractivity contribution in [2.24, 2.45) is 0 Å². The summed E-state index contributed by atoms with van der Waals surface area (Å²) in [5, 5.41) is 2.79. The minimum Gasteiger partial charge on any atom is -0.484 e. The van der Waals surface area contributed by atoms with Crippen molar-refractivity contribution in [2.45, 2.75) is 25.3 Å². The molecule has 0 fully saturated rings. The number of hydrogen-bond donors (Lipinski definition) is 1. The second-order valence-corrected chi connectivity index (χ2v) is 9.59. The lowest BCUT2D eigenvalue weighted by Crippen LogP contribution is -2.30. The third-order valence-corrected chi connectivity index (χ3v) is 7.23. The van der Waals surface area contributed by atoms with E-state index >= 15 is 0 Å². The van der Waals surface area contributed by atoms with Crippen LogP contribution in [-0.2, 0) is 21.4 Å². The molecule has 0 unspecified atom stereocenters. The Balaban J connectivity index is 1.32. The summed E-state index contributed by atoms with van der Waals surface area (Å²) >= 11 is 0. The normalized spacial score (nSPS) is 12.3. The molecule has 3 aromatic carbocycles. The molecule has 0 spiro atoms. The summed E-state index contributed by atoms with van der Waals surface area (Å²) in [5.41, 5.74) is 2.39. The molecule has 0 aromatic heterocycles. The molecule has 1 amide bonds. The van der Waals surface area contributed by atoms with Gasteiger partial charge in [-0.2, -0.15) is 0 Å². The Bertz CT molecular complexity index is 1260. The van der Waals surface area contributed by atoms with Crippen LogP contribution in [0, 0.1) is 6.92 Å². The van der Waals surface area contributed by atoms with Crippen LogP contribution in [0.4, 0.5) is 5.69 Å². The van der Waals surface area contributed by atoms with Crippen molar-refractivity contribution < 1.29 is 27.4 Å². The van der Waals surface area contributed by atoms with Gasteiger partial charge in [-0.1, -0.05) is 23.8 Å². The van der Waals surface area contributed by atoms with Crippen LogP contribution in [0.5, 0.6) is 17.2 Å². The molecule has 8 nitrogen and oxygen atoms in total. The van der Waals surface area contributed by atoms with Crippen LogP contribution in [0.15, 0.2) is 71.6 Å². The maximum Gasteiger partial charge on any atom is 0.264 e.